The van der Waals surface area contributed by atoms with Gasteiger partial charge in [0.25, 0.3) is 0 Å². The fraction of sp³-hybridized carbons (Fsp3) is 1.00. The maximum Gasteiger partial charge on any atom is 0.211 e. The molecule has 0 aromatic heterocycles. The summed E-state index contributed by atoms with van der Waals surface area (Å²) >= 11 is 0. The lowest BCUT2D eigenvalue weighted by Crippen LogP contribution is -2.58. The lowest BCUT2D eigenvalue weighted by molar-refractivity contribution is 0.0339. The first kappa shape index (κ1) is 17.2. The Balaban J connectivity index is 1.86. The van der Waals surface area contributed by atoms with Gasteiger partial charge in [-0.25, -0.2) is 8.42 Å². The van der Waals surface area contributed by atoms with E-state index in [4.69, 9.17) is 0 Å². The summed E-state index contributed by atoms with van der Waals surface area (Å²) in [6.07, 6.45) is 7.01. The van der Waals surface area contributed by atoms with Crippen molar-refractivity contribution < 1.29 is 13.5 Å². The van der Waals surface area contributed by atoms with Crippen LogP contribution in [0.25, 0.3) is 0 Å². The Bertz CT molecular complexity index is 434. The summed E-state index contributed by atoms with van der Waals surface area (Å²) < 4.78 is 25.1. The van der Waals surface area contributed by atoms with Crippen LogP contribution < -0.4 is 0 Å². The lowest BCUT2D eigenvalue weighted by atomic mass is 9.99. The normalized spacial score (nSPS) is 31.6. The number of rotatable bonds is 5. The Morgan fingerprint density at radius 1 is 1.14 bits per heavy atom. The molecule has 0 radical (unpaired) electrons. The average Bonchev–Trinajstić information content (AvgIpc) is 2.84. The van der Waals surface area contributed by atoms with E-state index in [1.807, 2.05) is 13.8 Å². The summed E-state index contributed by atoms with van der Waals surface area (Å²) in [5, 5.41) is 10.3. The predicted octanol–water partition coefficient (Wildman–Crippen LogP) is 1.28. The van der Waals surface area contributed by atoms with E-state index in [-0.39, 0.29) is 18.2 Å². The largest absolute Gasteiger partial charge is 0.392 e. The van der Waals surface area contributed by atoms with E-state index in [0.29, 0.717) is 25.6 Å². The van der Waals surface area contributed by atoms with E-state index in [2.05, 4.69) is 4.90 Å². The SMILES string of the molecule is C[C@@H]1CN(S(C)(=O)=O)[C@H](C)CN1C[C@@H](O)CC1CCCC1. The standard InChI is InChI=1S/C15H30N2O3S/c1-12-10-17(21(3,19)20)13(2)9-16(12)11-15(18)8-14-6-4-5-7-14/h12-15,18H,4-11H2,1-3H3/t12-,13-,15+/m1/s1. The molecular weight excluding hydrogens is 288 g/mol. The molecule has 0 spiro atoms. The second-order valence-corrected chi connectivity index (χ2v) is 8.96. The first-order chi connectivity index (χ1) is 9.77. The minimum Gasteiger partial charge on any atom is -0.392 e. The van der Waals surface area contributed by atoms with Crippen LogP contribution >= 0.6 is 0 Å². The first-order valence-corrected chi connectivity index (χ1v) is 10.0. The highest BCUT2D eigenvalue weighted by atomic mass is 32.2. The Hall–Kier alpha value is -0.170. The van der Waals surface area contributed by atoms with Gasteiger partial charge in [-0.1, -0.05) is 25.7 Å². The number of aliphatic hydroxyl groups is 1. The smallest absolute Gasteiger partial charge is 0.211 e. The second-order valence-electron chi connectivity index (χ2n) is 7.02. The van der Waals surface area contributed by atoms with Crippen LogP contribution in [0.1, 0.15) is 46.0 Å². The van der Waals surface area contributed by atoms with Gasteiger partial charge in [0.1, 0.15) is 0 Å². The number of hydrogen-bond acceptors (Lipinski definition) is 4. The van der Waals surface area contributed by atoms with E-state index < -0.39 is 10.0 Å². The lowest BCUT2D eigenvalue weighted by Gasteiger charge is -2.43. The topological polar surface area (TPSA) is 60.9 Å². The minimum absolute atomic E-state index is 0.0186. The van der Waals surface area contributed by atoms with Gasteiger partial charge in [0.05, 0.1) is 12.4 Å². The van der Waals surface area contributed by atoms with Gasteiger partial charge >= 0.3 is 0 Å². The van der Waals surface area contributed by atoms with E-state index in [1.54, 1.807) is 4.31 Å². The molecule has 0 aromatic carbocycles. The van der Waals surface area contributed by atoms with Crippen LogP contribution in [-0.2, 0) is 10.0 Å². The number of β-amino-alcohol motifs (C(OH)–C–C–N with tert-alkyl or cyclic N) is 1. The molecule has 0 amide bonds. The quantitative estimate of drug-likeness (QED) is 0.829. The van der Waals surface area contributed by atoms with Crippen LogP contribution in [-0.4, -0.2) is 66.8 Å². The van der Waals surface area contributed by atoms with Crippen LogP contribution in [0.3, 0.4) is 0 Å². The van der Waals surface area contributed by atoms with Gasteiger partial charge in [-0.2, -0.15) is 4.31 Å². The first-order valence-electron chi connectivity index (χ1n) is 8.16. The van der Waals surface area contributed by atoms with Crippen molar-refractivity contribution in [2.75, 3.05) is 25.9 Å². The summed E-state index contributed by atoms with van der Waals surface area (Å²) in [6.45, 7) is 5.89. The molecule has 5 nitrogen and oxygen atoms in total. The molecule has 2 rings (SSSR count). The van der Waals surface area contributed by atoms with Crippen molar-refractivity contribution in [2.24, 2.45) is 5.92 Å². The monoisotopic (exact) mass is 318 g/mol. The maximum absolute atomic E-state index is 11.8. The Labute approximate surface area is 129 Å². The van der Waals surface area contributed by atoms with E-state index >= 15 is 0 Å². The molecular formula is C15H30N2O3S. The molecule has 1 saturated carbocycles. The summed E-state index contributed by atoms with van der Waals surface area (Å²) in [5.74, 6) is 0.685. The number of aliphatic hydroxyl groups excluding tert-OH is 1. The van der Waals surface area contributed by atoms with Crippen molar-refractivity contribution >= 4 is 10.0 Å². The van der Waals surface area contributed by atoms with Crippen molar-refractivity contribution in [1.82, 2.24) is 9.21 Å². The molecule has 1 aliphatic heterocycles. The zero-order valence-corrected chi connectivity index (χ0v) is 14.3. The third-order valence-electron chi connectivity index (χ3n) is 5.01. The van der Waals surface area contributed by atoms with Crippen molar-refractivity contribution in [3.05, 3.63) is 0 Å². The van der Waals surface area contributed by atoms with E-state index in [9.17, 15) is 13.5 Å². The number of sulfonamides is 1. The Kier molecular flexibility index (Phi) is 5.68. The van der Waals surface area contributed by atoms with Crippen LogP contribution in [0.15, 0.2) is 0 Å². The molecule has 0 aromatic rings. The minimum atomic E-state index is -3.13. The van der Waals surface area contributed by atoms with E-state index in [1.165, 1.54) is 31.9 Å². The third kappa shape index (κ3) is 4.65. The molecule has 1 N–H and O–H groups in total. The molecule has 1 saturated heterocycles. The highest BCUT2D eigenvalue weighted by Crippen LogP contribution is 2.29. The van der Waals surface area contributed by atoms with Crippen molar-refractivity contribution in [2.45, 2.75) is 64.1 Å². The number of piperazine rings is 1. The molecule has 124 valence electrons. The second kappa shape index (κ2) is 6.94. The maximum atomic E-state index is 11.8. The van der Waals surface area contributed by atoms with Crippen LogP contribution in [0, 0.1) is 5.92 Å². The van der Waals surface area contributed by atoms with E-state index in [0.717, 1.165) is 6.42 Å². The van der Waals surface area contributed by atoms with Crippen LogP contribution in [0.4, 0.5) is 0 Å². The van der Waals surface area contributed by atoms with Gasteiger partial charge in [-0.3, -0.25) is 4.90 Å². The number of nitrogens with zero attached hydrogens (tertiary/aromatic N) is 2. The van der Waals surface area contributed by atoms with Crippen molar-refractivity contribution in [3.8, 4) is 0 Å². The molecule has 1 heterocycles. The molecule has 2 aliphatic rings. The fourth-order valence-electron chi connectivity index (χ4n) is 3.86. The van der Waals surface area contributed by atoms with Gasteiger partial charge in [0.2, 0.25) is 10.0 Å². The molecule has 21 heavy (non-hydrogen) atoms. The van der Waals surface area contributed by atoms with Gasteiger partial charge in [-0.05, 0) is 26.2 Å². The molecule has 1 aliphatic carbocycles. The third-order valence-corrected chi connectivity index (χ3v) is 6.37. The van der Waals surface area contributed by atoms with Crippen LogP contribution in [0.5, 0.6) is 0 Å². The summed E-state index contributed by atoms with van der Waals surface area (Å²) in [6, 6.07) is 0.143. The average molecular weight is 318 g/mol. The van der Waals surface area contributed by atoms with Crippen molar-refractivity contribution in [3.63, 3.8) is 0 Å². The molecule has 2 fully saturated rings. The molecule has 3 atom stereocenters. The molecule has 0 unspecified atom stereocenters. The highest BCUT2D eigenvalue weighted by molar-refractivity contribution is 7.88. The fourth-order valence-corrected chi connectivity index (χ4v) is 5.07. The zero-order chi connectivity index (χ0) is 15.6. The highest BCUT2D eigenvalue weighted by Gasteiger charge is 2.34. The van der Waals surface area contributed by atoms with Crippen LogP contribution in [0.2, 0.25) is 0 Å². The Morgan fingerprint density at radius 2 is 1.76 bits per heavy atom. The van der Waals surface area contributed by atoms with Crippen molar-refractivity contribution in [1.29, 1.82) is 0 Å². The van der Waals surface area contributed by atoms with Gasteiger partial charge in [-0.15, -0.1) is 0 Å². The Morgan fingerprint density at radius 3 is 2.33 bits per heavy atom. The predicted molar refractivity (Wildman–Crippen MR) is 84.6 cm³/mol. The zero-order valence-electron chi connectivity index (χ0n) is 13.5. The van der Waals surface area contributed by atoms with Gasteiger partial charge in [0, 0.05) is 31.7 Å². The summed E-state index contributed by atoms with van der Waals surface area (Å²) in [5.41, 5.74) is 0. The van der Waals surface area contributed by atoms with Gasteiger partial charge in [0.15, 0.2) is 0 Å². The molecule has 0 bridgehead atoms. The summed E-state index contributed by atoms with van der Waals surface area (Å²) in [7, 11) is -3.13. The summed E-state index contributed by atoms with van der Waals surface area (Å²) in [4.78, 5) is 2.24. The van der Waals surface area contributed by atoms with Gasteiger partial charge < -0.3 is 5.11 Å². The molecule has 6 heteroatoms. The number of hydrogen-bond donors (Lipinski definition) is 1.